The minimum Gasteiger partial charge on any atom is -0.369 e. The Morgan fingerprint density at radius 2 is 2.14 bits per heavy atom. The third-order valence-electron chi connectivity index (χ3n) is 4.15. The number of nitrogens with one attached hydrogen (secondary N) is 2. The number of nitriles is 1. The summed E-state index contributed by atoms with van der Waals surface area (Å²) in [5.41, 5.74) is 1.67. The molecule has 3 aromatic rings. The van der Waals surface area contributed by atoms with Gasteiger partial charge in [0.1, 0.15) is 5.82 Å². The van der Waals surface area contributed by atoms with Crippen molar-refractivity contribution in [3.8, 4) is 6.07 Å². The number of hydrogen-bond acceptors (Lipinski definition) is 7. The largest absolute Gasteiger partial charge is 0.369 e. The van der Waals surface area contributed by atoms with Crippen molar-refractivity contribution in [2.75, 3.05) is 24.2 Å². The number of hydrogen-bond donors (Lipinski definition) is 2. The normalized spacial score (nSPS) is 10.7. The zero-order valence-corrected chi connectivity index (χ0v) is 17.3. The summed E-state index contributed by atoms with van der Waals surface area (Å²) in [5, 5.41) is 21.2. The van der Waals surface area contributed by atoms with E-state index in [-0.39, 0.29) is 5.91 Å². The highest BCUT2D eigenvalue weighted by Gasteiger charge is 2.13. The topological polar surface area (TPSA) is 109 Å². The Morgan fingerprint density at radius 1 is 1.28 bits per heavy atom. The van der Waals surface area contributed by atoms with Gasteiger partial charge in [-0.2, -0.15) is 10.4 Å². The zero-order chi connectivity index (χ0) is 20.6. The summed E-state index contributed by atoms with van der Waals surface area (Å²) in [7, 11) is 0. The van der Waals surface area contributed by atoms with Crippen LogP contribution in [0.5, 0.6) is 0 Å². The van der Waals surface area contributed by atoms with Crippen molar-refractivity contribution in [1.29, 1.82) is 5.26 Å². The van der Waals surface area contributed by atoms with Crippen LogP contribution in [0.3, 0.4) is 0 Å². The number of carbonyl (C=O) groups is 1. The molecule has 0 spiro atoms. The van der Waals surface area contributed by atoms with Crippen LogP contribution in [0.15, 0.2) is 35.6 Å². The van der Waals surface area contributed by atoms with Gasteiger partial charge in [-0.05, 0) is 30.4 Å². The van der Waals surface area contributed by atoms with E-state index in [4.69, 9.17) is 5.26 Å². The molecule has 2 aromatic heterocycles. The first-order chi connectivity index (χ1) is 14.2. The maximum absolute atomic E-state index is 12.3. The number of benzene rings is 1. The summed E-state index contributed by atoms with van der Waals surface area (Å²) in [6.45, 7) is 5.86. The summed E-state index contributed by atoms with van der Waals surface area (Å²) in [6.07, 6.45) is 2.75. The van der Waals surface area contributed by atoms with E-state index in [9.17, 15) is 4.79 Å². The Hall–Kier alpha value is -3.12. The van der Waals surface area contributed by atoms with Crippen molar-refractivity contribution in [2.24, 2.45) is 0 Å². The lowest BCUT2D eigenvalue weighted by Gasteiger charge is -2.09. The standard InChI is InChI=1S/C20H23N7OS/c1-3-8-22-17-16-13-24-27(18(16)26-20(25-17)29-4-2)10-9-23-19(28)15-7-5-6-14(11-15)12-21/h5-7,11,13H,3-4,8-10H2,1-2H3,(H,23,28)(H,22,25,26). The second-order valence-electron chi connectivity index (χ2n) is 6.27. The molecule has 150 valence electrons. The number of nitrogens with zero attached hydrogens (tertiary/aromatic N) is 5. The summed E-state index contributed by atoms with van der Waals surface area (Å²) in [6, 6.07) is 8.67. The molecule has 3 rings (SSSR count). The third-order valence-corrected chi connectivity index (χ3v) is 4.88. The first kappa shape index (κ1) is 20.6. The number of anilines is 1. The van der Waals surface area contributed by atoms with E-state index in [2.05, 4.69) is 39.5 Å². The molecule has 2 heterocycles. The predicted molar refractivity (Wildman–Crippen MR) is 114 cm³/mol. The Bertz CT molecular complexity index is 1040. The van der Waals surface area contributed by atoms with Crippen LogP contribution >= 0.6 is 11.8 Å². The lowest BCUT2D eigenvalue weighted by Crippen LogP contribution is -2.27. The fourth-order valence-electron chi connectivity index (χ4n) is 2.78. The molecule has 29 heavy (non-hydrogen) atoms. The van der Waals surface area contributed by atoms with Crippen LogP contribution in [-0.4, -0.2) is 44.5 Å². The van der Waals surface area contributed by atoms with Crippen molar-refractivity contribution >= 4 is 34.5 Å². The Balaban J connectivity index is 1.73. The van der Waals surface area contributed by atoms with Gasteiger partial charge in [0.15, 0.2) is 10.8 Å². The first-order valence-corrected chi connectivity index (χ1v) is 10.5. The molecule has 0 aliphatic heterocycles. The van der Waals surface area contributed by atoms with Crippen LogP contribution < -0.4 is 10.6 Å². The highest BCUT2D eigenvalue weighted by Crippen LogP contribution is 2.24. The van der Waals surface area contributed by atoms with Crippen LogP contribution in [0.25, 0.3) is 11.0 Å². The number of thioether (sulfide) groups is 1. The minimum atomic E-state index is -0.222. The Labute approximate surface area is 173 Å². The quantitative estimate of drug-likeness (QED) is 0.413. The molecule has 1 amide bonds. The van der Waals surface area contributed by atoms with Crippen molar-refractivity contribution < 1.29 is 4.79 Å². The molecule has 1 aromatic carbocycles. The fraction of sp³-hybridized carbons (Fsp3) is 0.350. The number of rotatable bonds is 9. The van der Waals surface area contributed by atoms with E-state index >= 15 is 0 Å². The first-order valence-electron chi connectivity index (χ1n) is 9.54. The van der Waals surface area contributed by atoms with Crippen LogP contribution in [0.1, 0.15) is 36.2 Å². The molecule has 8 nitrogen and oxygen atoms in total. The molecule has 0 saturated heterocycles. The summed E-state index contributed by atoms with van der Waals surface area (Å²) in [5.74, 6) is 1.45. The Morgan fingerprint density at radius 3 is 2.90 bits per heavy atom. The lowest BCUT2D eigenvalue weighted by atomic mass is 10.1. The summed E-state index contributed by atoms with van der Waals surface area (Å²) < 4.78 is 1.78. The van der Waals surface area contributed by atoms with E-state index in [0.29, 0.717) is 29.4 Å². The van der Waals surface area contributed by atoms with Gasteiger partial charge in [-0.3, -0.25) is 4.79 Å². The second-order valence-corrected chi connectivity index (χ2v) is 7.50. The molecule has 0 aliphatic rings. The maximum atomic E-state index is 12.3. The molecule has 9 heteroatoms. The lowest BCUT2D eigenvalue weighted by molar-refractivity contribution is 0.0952. The van der Waals surface area contributed by atoms with E-state index in [0.717, 1.165) is 35.6 Å². The third kappa shape index (κ3) is 5.03. The molecule has 0 aliphatic carbocycles. The van der Waals surface area contributed by atoms with E-state index in [1.165, 1.54) is 0 Å². The average molecular weight is 410 g/mol. The maximum Gasteiger partial charge on any atom is 0.251 e. The molecule has 0 fully saturated rings. The summed E-state index contributed by atoms with van der Waals surface area (Å²) >= 11 is 1.58. The van der Waals surface area contributed by atoms with Crippen molar-refractivity contribution in [2.45, 2.75) is 32.0 Å². The monoisotopic (exact) mass is 409 g/mol. The van der Waals surface area contributed by atoms with Gasteiger partial charge >= 0.3 is 0 Å². The summed E-state index contributed by atoms with van der Waals surface area (Å²) in [4.78, 5) is 21.6. The van der Waals surface area contributed by atoms with Gasteiger partial charge in [0.2, 0.25) is 0 Å². The Kier molecular flexibility index (Phi) is 7.03. The number of carbonyl (C=O) groups excluding carboxylic acids is 1. The number of aromatic nitrogens is 4. The minimum absolute atomic E-state index is 0.222. The number of fused-ring (bicyclic) bond motifs is 1. The SMILES string of the molecule is CCCNc1nc(SCC)nc2c1cnn2CCNC(=O)c1cccc(C#N)c1. The molecular formula is C20H23N7OS. The van der Waals surface area contributed by atoms with Crippen LogP contribution in [0.4, 0.5) is 5.82 Å². The fourth-order valence-corrected chi connectivity index (χ4v) is 3.34. The van der Waals surface area contributed by atoms with E-state index in [1.807, 2.05) is 6.07 Å². The predicted octanol–water partition coefficient (Wildman–Crippen LogP) is 3.06. The average Bonchev–Trinajstić information content (AvgIpc) is 3.15. The van der Waals surface area contributed by atoms with Gasteiger partial charge < -0.3 is 10.6 Å². The number of amides is 1. The van der Waals surface area contributed by atoms with Crippen LogP contribution in [-0.2, 0) is 6.54 Å². The van der Waals surface area contributed by atoms with Crippen molar-refractivity contribution in [1.82, 2.24) is 25.1 Å². The van der Waals surface area contributed by atoms with Gasteiger partial charge in [0.05, 0.1) is 29.8 Å². The molecule has 2 N–H and O–H groups in total. The molecule has 0 atom stereocenters. The van der Waals surface area contributed by atoms with Gasteiger partial charge in [-0.1, -0.05) is 31.7 Å². The molecular weight excluding hydrogens is 386 g/mol. The van der Waals surface area contributed by atoms with Gasteiger partial charge in [0.25, 0.3) is 5.91 Å². The van der Waals surface area contributed by atoms with Crippen LogP contribution in [0.2, 0.25) is 0 Å². The molecule has 0 bridgehead atoms. The zero-order valence-electron chi connectivity index (χ0n) is 16.5. The molecule has 0 saturated carbocycles. The van der Waals surface area contributed by atoms with E-state index < -0.39 is 0 Å². The van der Waals surface area contributed by atoms with Crippen molar-refractivity contribution in [3.63, 3.8) is 0 Å². The van der Waals surface area contributed by atoms with Crippen molar-refractivity contribution in [3.05, 3.63) is 41.6 Å². The van der Waals surface area contributed by atoms with E-state index in [1.54, 1.807) is 46.9 Å². The second kappa shape index (κ2) is 9.89. The smallest absolute Gasteiger partial charge is 0.251 e. The van der Waals surface area contributed by atoms with Gasteiger partial charge in [-0.25, -0.2) is 14.6 Å². The molecule has 0 unspecified atom stereocenters. The van der Waals surface area contributed by atoms with Gasteiger partial charge in [0, 0.05) is 18.7 Å². The van der Waals surface area contributed by atoms with Crippen LogP contribution in [0, 0.1) is 11.3 Å². The highest BCUT2D eigenvalue weighted by atomic mass is 32.2. The molecule has 0 radical (unpaired) electrons. The van der Waals surface area contributed by atoms with Gasteiger partial charge in [-0.15, -0.1) is 0 Å². The highest BCUT2D eigenvalue weighted by molar-refractivity contribution is 7.99.